The van der Waals surface area contributed by atoms with Gasteiger partial charge in [0.15, 0.2) is 17.3 Å². The van der Waals surface area contributed by atoms with Gasteiger partial charge in [-0.25, -0.2) is 19.5 Å². The molecule has 28 heavy (non-hydrogen) atoms. The summed E-state index contributed by atoms with van der Waals surface area (Å²) in [6.45, 7) is 1.52. The molecule has 0 unspecified atom stereocenters. The van der Waals surface area contributed by atoms with E-state index in [2.05, 4.69) is 20.1 Å². The highest BCUT2D eigenvalue weighted by atomic mass is 35.5. The maximum absolute atomic E-state index is 13.3. The summed E-state index contributed by atoms with van der Waals surface area (Å²) in [6, 6.07) is 1.67. The molecular weight excluding hydrogens is 384 g/mol. The van der Waals surface area contributed by atoms with Crippen LogP contribution in [0.25, 0.3) is 16.7 Å². The Kier molecular flexibility index (Phi) is 4.02. The lowest BCUT2D eigenvalue weighted by atomic mass is 10.1. The lowest BCUT2D eigenvalue weighted by molar-refractivity contribution is 0.0673. The maximum atomic E-state index is 13.3. The Hall–Kier alpha value is -2.98. The number of rotatable bonds is 3. The van der Waals surface area contributed by atoms with Gasteiger partial charge in [0.05, 0.1) is 17.9 Å². The molecule has 1 aliphatic rings. The Morgan fingerprint density at radius 1 is 1.25 bits per heavy atom. The number of ether oxygens (including phenoxy) is 1. The summed E-state index contributed by atoms with van der Waals surface area (Å²) in [5.74, 6) is 0.902. The number of nitrogens with zero attached hydrogens (tertiary/aromatic N) is 7. The number of fused-ring (bicyclic) bond motifs is 2. The van der Waals surface area contributed by atoms with Crippen LogP contribution in [0.2, 0.25) is 5.02 Å². The van der Waals surface area contributed by atoms with E-state index in [1.165, 1.54) is 10.8 Å². The van der Waals surface area contributed by atoms with Gasteiger partial charge in [0.2, 0.25) is 0 Å². The number of halogens is 1. The largest absolute Gasteiger partial charge is 0.382 e. The summed E-state index contributed by atoms with van der Waals surface area (Å²) < 4.78 is 10.5. The molecular formula is C17H17ClN8O2. The fourth-order valence-electron chi connectivity index (χ4n) is 3.68. The monoisotopic (exact) mass is 400 g/mol. The van der Waals surface area contributed by atoms with Crippen molar-refractivity contribution in [2.45, 2.75) is 25.4 Å². The third-order valence-corrected chi connectivity index (χ3v) is 5.34. The smallest absolute Gasteiger partial charge is 0.279 e. The number of nitrogens with two attached hydrogens (primary N) is 1. The lowest BCUT2D eigenvalue weighted by Crippen LogP contribution is -2.34. The first kappa shape index (κ1) is 17.1. The topological polar surface area (TPSA) is 118 Å². The van der Waals surface area contributed by atoms with Crippen LogP contribution in [0.5, 0.6) is 0 Å². The van der Waals surface area contributed by atoms with E-state index in [4.69, 9.17) is 22.1 Å². The average molecular weight is 401 g/mol. The lowest BCUT2D eigenvalue weighted by Gasteiger charge is -2.26. The van der Waals surface area contributed by atoms with Gasteiger partial charge in [-0.2, -0.15) is 5.10 Å². The maximum Gasteiger partial charge on any atom is 0.279 e. The number of hydrogen-bond donors (Lipinski definition) is 1. The molecule has 0 atom stereocenters. The molecule has 4 aromatic heterocycles. The normalized spacial score (nSPS) is 15.6. The fraction of sp³-hybridized carbons (Fsp3) is 0.353. The zero-order valence-corrected chi connectivity index (χ0v) is 15.6. The number of hydrogen-bond acceptors (Lipinski definition) is 7. The first-order valence-electron chi connectivity index (χ1n) is 8.91. The Balaban J connectivity index is 1.69. The van der Waals surface area contributed by atoms with Crippen LogP contribution in [0.1, 0.15) is 24.7 Å². The molecule has 0 saturated carbocycles. The van der Waals surface area contributed by atoms with Crippen molar-refractivity contribution in [1.29, 1.82) is 0 Å². The molecule has 2 N–H and O–H groups in total. The SMILES string of the molecule is Nc1ncnc2c1ncn2Cc1nn2ccc(Cl)c2c(=O)n1C1CCOCC1. The second-order valence-corrected chi connectivity index (χ2v) is 7.10. The van der Waals surface area contributed by atoms with Crippen LogP contribution < -0.4 is 11.3 Å². The van der Waals surface area contributed by atoms with Crippen molar-refractivity contribution in [3.63, 3.8) is 0 Å². The Bertz CT molecular complexity index is 1240. The van der Waals surface area contributed by atoms with Crippen molar-refractivity contribution < 1.29 is 4.74 Å². The molecule has 1 fully saturated rings. The molecule has 0 aliphatic carbocycles. The van der Waals surface area contributed by atoms with E-state index in [1.54, 1.807) is 23.2 Å². The van der Waals surface area contributed by atoms with Crippen molar-refractivity contribution in [3.05, 3.63) is 46.1 Å². The highest BCUT2D eigenvalue weighted by Crippen LogP contribution is 2.23. The van der Waals surface area contributed by atoms with Crippen LogP contribution in [0, 0.1) is 0 Å². The first-order chi connectivity index (χ1) is 13.6. The van der Waals surface area contributed by atoms with E-state index >= 15 is 0 Å². The molecule has 144 valence electrons. The van der Waals surface area contributed by atoms with Gasteiger partial charge in [-0.05, 0) is 18.9 Å². The molecule has 0 aromatic carbocycles. The third-order valence-electron chi connectivity index (χ3n) is 5.04. The Morgan fingerprint density at radius 2 is 2.07 bits per heavy atom. The molecule has 5 heterocycles. The molecule has 0 bridgehead atoms. The molecule has 0 radical (unpaired) electrons. The predicted octanol–water partition coefficient (Wildman–Crippen LogP) is 1.27. The van der Waals surface area contributed by atoms with Crippen molar-refractivity contribution in [2.24, 2.45) is 0 Å². The van der Waals surface area contributed by atoms with Gasteiger partial charge < -0.3 is 15.0 Å². The van der Waals surface area contributed by atoms with Gasteiger partial charge in [-0.3, -0.25) is 9.36 Å². The van der Waals surface area contributed by atoms with Gasteiger partial charge >= 0.3 is 0 Å². The second-order valence-electron chi connectivity index (χ2n) is 6.70. The summed E-state index contributed by atoms with van der Waals surface area (Å²) >= 11 is 6.23. The van der Waals surface area contributed by atoms with Crippen molar-refractivity contribution in [1.82, 2.24) is 33.7 Å². The minimum absolute atomic E-state index is 0.00537. The summed E-state index contributed by atoms with van der Waals surface area (Å²) in [7, 11) is 0. The molecule has 1 aliphatic heterocycles. The Labute approximate surface area is 163 Å². The minimum atomic E-state index is -0.162. The van der Waals surface area contributed by atoms with E-state index in [-0.39, 0.29) is 11.6 Å². The summed E-state index contributed by atoms with van der Waals surface area (Å²) in [5.41, 5.74) is 7.20. The average Bonchev–Trinajstić information content (AvgIpc) is 3.28. The molecule has 5 rings (SSSR count). The minimum Gasteiger partial charge on any atom is -0.382 e. The zero-order valence-electron chi connectivity index (χ0n) is 14.8. The van der Waals surface area contributed by atoms with E-state index in [0.717, 1.165) is 12.8 Å². The van der Waals surface area contributed by atoms with Crippen LogP contribution in [0.4, 0.5) is 5.82 Å². The van der Waals surface area contributed by atoms with Crippen molar-refractivity contribution in [2.75, 3.05) is 18.9 Å². The highest BCUT2D eigenvalue weighted by Gasteiger charge is 2.24. The predicted molar refractivity (Wildman–Crippen MR) is 102 cm³/mol. The summed E-state index contributed by atoms with van der Waals surface area (Å²) in [5, 5.41) is 5.05. The van der Waals surface area contributed by atoms with E-state index in [0.29, 0.717) is 53.1 Å². The molecule has 0 amide bonds. The van der Waals surface area contributed by atoms with Crippen LogP contribution in [-0.4, -0.2) is 46.9 Å². The summed E-state index contributed by atoms with van der Waals surface area (Å²) in [4.78, 5) is 25.8. The fourth-order valence-corrected chi connectivity index (χ4v) is 3.90. The van der Waals surface area contributed by atoms with E-state index in [9.17, 15) is 4.79 Å². The van der Waals surface area contributed by atoms with Crippen LogP contribution >= 0.6 is 11.6 Å². The molecule has 0 spiro atoms. The zero-order chi connectivity index (χ0) is 19.3. The molecule has 4 aromatic rings. The molecule has 11 heteroatoms. The second kappa shape index (κ2) is 6.57. The van der Waals surface area contributed by atoms with Crippen LogP contribution in [-0.2, 0) is 11.3 Å². The van der Waals surface area contributed by atoms with Crippen molar-refractivity contribution >= 4 is 34.1 Å². The van der Waals surface area contributed by atoms with Gasteiger partial charge in [-0.1, -0.05) is 11.6 Å². The standard InChI is InChI=1S/C17H17ClN8O2/c18-11-1-4-25-14(11)17(27)26(10-2-5-28-6-3-10)12(23-25)7-24-9-22-13-15(19)20-8-21-16(13)24/h1,4,8-10H,2-3,5-7H2,(H2,19,20,21). The van der Waals surface area contributed by atoms with Gasteiger partial charge in [0.1, 0.15) is 17.4 Å². The number of imidazole rings is 1. The van der Waals surface area contributed by atoms with Crippen molar-refractivity contribution in [3.8, 4) is 0 Å². The van der Waals surface area contributed by atoms with Gasteiger partial charge in [0, 0.05) is 25.5 Å². The van der Waals surface area contributed by atoms with Crippen LogP contribution in [0.15, 0.2) is 29.7 Å². The van der Waals surface area contributed by atoms with Gasteiger partial charge in [-0.15, -0.1) is 0 Å². The third kappa shape index (κ3) is 2.64. The quantitative estimate of drug-likeness (QED) is 0.550. The first-order valence-corrected chi connectivity index (χ1v) is 9.28. The number of anilines is 1. The van der Waals surface area contributed by atoms with Crippen LogP contribution in [0.3, 0.4) is 0 Å². The van der Waals surface area contributed by atoms with E-state index in [1.807, 2.05) is 4.57 Å². The molecule has 1 saturated heterocycles. The van der Waals surface area contributed by atoms with Gasteiger partial charge in [0.25, 0.3) is 5.56 Å². The number of aromatic nitrogens is 7. The summed E-state index contributed by atoms with van der Waals surface area (Å²) in [6.07, 6.45) is 6.18. The Morgan fingerprint density at radius 3 is 2.89 bits per heavy atom. The number of nitrogen functional groups attached to an aromatic ring is 1. The molecule has 10 nitrogen and oxygen atoms in total. The highest BCUT2D eigenvalue weighted by molar-refractivity contribution is 6.33. The van der Waals surface area contributed by atoms with E-state index < -0.39 is 0 Å².